The molecule has 0 amide bonds. The van der Waals surface area contributed by atoms with Crippen LogP contribution < -0.4 is 15.4 Å². The van der Waals surface area contributed by atoms with Gasteiger partial charge in [0.15, 0.2) is 0 Å². The summed E-state index contributed by atoms with van der Waals surface area (Å²) in [6, 6.07) is 12.8. The molecule has 0 spiro atoms. The number of rotatable bonds is 1. The van der Waals surface area contributed by atoms with Crippen LogP contribution in [0.1, 0.15) is 5.56 Å². The van der Waals surface area contributed by atoms with E-state index in [1.165, 1.54) is 6.07 Å². The van der Waals surface area contributed by atoms with Gasteiger partial charge in [0.25, 0.3) is 0 Å². The van der Waals surface area contributed by atoms with Crippen molar-refractivity contribution in [2.75, 3.05) is 23.8 Å². The molecular weight excluding hydrogens is 243 g/mol. The predicted molar refractivity (Wildman–Crippen MR) is 73.8 cm³/mol. The molecule has 98 valence electrons. The van der Waals surface area contributed by atoms with Gasteiger partial charge in [-0.3, -0.25) is 0 Å². The maximum Gasteiger partial charge on any atom is 0.148 e. The summed E-state index contributed by atoms with van der Waals surface area (Å²) >= 11 is 0. The molecule has 0 unspecified atom stereocenters. The Balaban J connectivity index is 1.96. The van der Waals surface area contributed by atoms with E-state index in [1.54, 1.807) is 6.07 Å². The number of hydrogen-bond acceptors (Lipinski definition) is 3. The van der Waals surface area contributed by atoms with Gasteiger partial charge >= 0.3 is 0 Å². The van der Waals surface area contributed by atoms with Gasteiger partial charge in [0.2, 0.25) is 0 Å². The van der Waals surface area contributed by atoms with Crippen LogP contribution in [0.3, 0.4) is 0 Å². The summed E-state index contributed by atoms with van der Waals surface area (Å²) in [5, 5.41) is 0. The summed E-state index contributed by atoms with van der Waals surface area (Å²) in [6.45, 7) is 1.92. The Morgan fingerprint density at radius 2 is 1.95 bits per heavy atom. The maximum absolute atomic E-state index is 13.5. The average molecular weight is 258 g/mol. The highest BCUT2D eigenvalue weighted by atomic mass is 19.1. The van der Waals surface area contributed by atoms with Gasteiger partial charge in [-0.15, -0.1) is 0 Å². The van der Waals surface area contributed by atoms with Crippen LogP contribution >= 0.6 is 0 Å². The Morgan fingerprint density at radius 1 is 1.11 bits per heavy atom. The molecule has 0 aliphatic carbocycles. The third kappa shape index (κ3) is 2.21. The summed E-state index contributed by atoms with van der Waals surface area (Å²) in [5.41, 5.74) is 7.83. The fraction of sp³-hybridized carbons (Fsp3) is 0.200. The number of nitrogens with two attached hydrogens (primary N) is 1. The van der Waals surface area contributed by atoms with E-state index in [-0.39, 0.29) is 11.5 Å². The zero-order chi connectivity index (χ0) is 13.2. The van der Waals surface area contributed by atoms with Crippen LogP contribution in [0.15, 0.2) is 42.5 Å². The van der Waals surface area contributed by atoms with Crippen molar-refractivity contribution >= 4 is 11.4 Å². The Morgan fingerprint density at radius 3 is 2.84 bits per heavy atom. The summed E-state index contributed by atoms with van der Waals surface area (Å²) < 4.78 is 19.2. The molecule has 0 radical (unpaired) electrons. The Labute approximate surface area is 111 Å². The van der Waals surface area contributed by atoms with Crippen molar-refractivity contribution in [2.24, 2.45) is 0 Å². The van der Waals surface area contributed by atoms with E-state index in [4.69, 9.17) is 10.5 Å². The molecular formula is C15H15FN2O. The highest BCUT2D eigenvalue weighted by Gasteiger charge is 2.18. The molecule has 0 fully saturated rings. The Hall–Kier alpha value is -2.23. The molecule has 0 saturated carbocycles. The largest absolute Gasteiger partial charge is 0.491 e. The van der Waals surface area contributed by atoms with Gasteiger partial charge in [0.1, 0.15) is 18.2 Å². The molecule has 1 aliphatic heterocycles. The van der Waals surface area contributed by atoms with Gasteiger partial charge in [-0.25, -0.2) is 4.39 Å². The molecule has 0 atom stereocenters. The van der Waals surface area contributed by atoms with Crippen LogP contribution in [0.25, 0.3) is 0 Å². The number of fused-ring (bicyclic) bond motifs is 1. The molecule has 2 aromatic rings. The minimum absolute atomic E-state index is 0.196. The van der Waals surface area contributed by atoms with Crippen molar-refractivity contribution in [1.29, 1.82) is 0 Å². The first-order chi connectivity index (χ1) is 9.25. The monoisotopic (exact) mass is 258 g/mol. The normalized spacial score (nSPS) is 14.5. The number of nitrogen functional groups attached to an aromatic ring is 1. The lowest BCUT2D eigenvalue weighted by atomic mass is 10.1. The standard InChI is InChI=1S/C15H15FN2O/c16-12-5-3-6-13(15(12)17)18-8-9-19-14-7-2-1-4-11(14)10-18/h1-7H,8-10,17H2. The van der Waals surface area contributed by atoms with Gasteiger partial charge < -0.3 is 15.4 Å². The Bertz CT molecular complexity index is 600. The first kappa shape index (κ1) is 11.8. The van der Waals surface area contributed by atoms with Crippen LogP contribution in [0, 0.1) is 5.82 Å². The van der Waals surface area contributed by atoms with Crippen LogP contribution in [0.5, 0.6) is 5.75 Å². The van der Waals surface area contributed by atoms with E-state index in [9.17, 15) is 4.39 Å². The molecule has 1 heterocycles. The highest BCUT2D eigenvalue weighted by Crippen LogP contribution is 2.30. The van der Waals surface area contributed by atoms with E-state index in [0.717, 1.165) is 17.0 Å². The third-order valence-electron chi connectivity index (χ3n) is 3.32. The number of nitrogens with zero attached hydrogens (tertiary/aromatic N) is 1. The number of benzene rings is 2. The molecule has 0 saturated heterocycles. The lowest BCUT2D eigenvalue weighted by Gasteiger charge is -2.23. The maximum atomic E-state index is 13.5. The summed E-state index contributed by atoms with van der Waals surface area (Å²) in [6.07, 6.45) is 0. The van der Waals surface area contributed by atoms with E-state index < -0.39 is 0 Å². The van der Waals surface area contributed by atoms with Crippen LogP contribution in [-0.2, 0) is 6.54 Å². The van der Waals surface area contributed by atoms with Gasteiger partial charge in [-0.2, -0.15) is 0 Å². The van der Waals surface area contributed by atoms with Crippen molar-refractivity contribution in [2.45, 2.75) is 6.54 Å². The molecule has 1 aliphatic rings. The van der Waals surface area contributed by atoms with Crippen molar-refractivity contribution in [3.8, 4) is 5.75 Å². The van der Waals surface area contributed by atoms with E-state index in [0.29, 0.717) is 19.7 Å². The van der Waals surface area contributed by atoms with Crippen LogP contribution in [0.2, 0.25) is 0 Å². The van der Waals surface area contributed by atoms with Crippen LogP contribution in [0.4, 0.5) is 15.8 Å². The summed E-state index contributed by atoms with van der Waals surface area (Å²) in [5.74, 6) is 0.510. The second kappa shape index (κ2) is 4.80. The predicted octanol–water partition coefficient (Wildman–Crippen LogP) is 2.81. The van der Waals surface area contributed by atoms with Crippen molar-refractivity contribution < 1.29 is 9.13 Å². The van der Waals surface area contributed by atoms with Crippen molar-refractivity contribution in [3.63, 3.8) is 0 Å². The lowest BCUT2D eigenvalue weighted by molar-refractivity contribution is 0.331. The van der Waals surface area contributed by atoms with Gasteiger partial charge in [0, 0.05) is 12.1 Å². The number of para-hydroxylation sites is 2. The van der Waals surface area contributed by atoms with Crippen molar-refractivity contribution in [1.82, 2.24) is 0 Å². The topological polar surface area (TPSA) is 38.5 Å². The summed E-state index contributed by atoms with van der Waals surface area (Å²) in [7, 11) is 0. The second-order valence-electron chi connectivity index (χ2n) is 4.55. The molecule has 3 rings (SSSR count). The molecule has 19 heavy (non-hydrogen) atoms. The second-order valence-corrected chi connectivity index (χ2v) is 4.55. The lowest BCUT2D eigenvalue weighted by Crippen LogP contribution is -2.26. The smallest absolute Gasteiger partial charge is 0.148 e. The first-order valence-corrected chi connectivity index (χ1v) is 6.25. The van der Waals surface area contributed by atoms with E-state index in [2.05, 4.69) is 0 Å². The molecule has 3 nitrogen and oxygen atoms in total. The van der Waals surface area contributed by atoms with Gasteiger partial charge in [-0.1, -0.05) is 24.3 Å². The zero-order valence-electron chi connectivity index (χ0n) is 10.5. The minimum atomic E-state index is -0.379. The number of anilines is 2. The van der Waals surface area contributed by atoms with Crippen molar-refractivity contribution in [3.05, 3.63) is 53.8 Å². The highest BCUT2D eigenvalue weighted by molar-refractivity contribution is 5.68. The fourth-order valence-electron chi connectivity index (χ4n) is 2.33. The van der Waals surface area contributed by atoms with Gasteiger partial charge in [0.05, 0.1) is 17.9 Å². The third-order valence-corrected chi connectivity index (χ3v) is 3.32. The quantitative estimate of drug-likeness (QED) is 0.799. The van der Waals surface area contributed by atoms with Crippen LogP contribution in [-0.4, -0.2) is 13.2 Å². The van der Waals surface area contributed by atoms with E-state index in [1.807, 2.05) is 35.2 Å². The fourth-order valence-corrected chi connectivity index (χ4v) is 2.33. The average Bonchev–Trinajstić information content (AvgIpc) is 2.64. The molecule has 0 bridgehead atoms. The zero-order valence-corrected chi connectivity index (χ0v) is 10.5. The Kier molecular flexibility index (Phi) is 2.99. The minimum Gasteiger partial charge on any atom is -0.491 e. The van der Waals surface area contributed by atoms with Gasteiger partial charge in [-0.05, 0) is 18.2 Å². The number of hydrogen-bond donors (Lipinski definition) is 1. The van der Waals surface area contributed by atoms with E-state index >= 15 is 0 Å². The molecule has 2 N–H and O–H groups in total. The summed E-state index contributed by atoms with van der Waals surface area (Å²) in [4.78, 5) is 2.05. The number of halogens is 1. The number of ether oxygens (including phenoxy) is 1. The molecule has 4 heteroatoms. The first-order valence-electron chi connectivity index (χ1n) is 6.25. The molecule has 0 aromatic heterocycles. The molecule has 2 aromatic carbocycles. The SMILES string of the molecule is Nc1c(F)cccc1N1CCOc2ccccc2C1.